The second-order valence-electron chi connectivity index (χ2n) is 8.99. The standard InChI is InChI=1S/C25H25N3O5/c1-26-23(29)21-18-13-17(15-9-5-3-6-10-15)20(28(31)32)14-19(18)22(16-11-7-4-8-12-16)33-24(21)27(2)25(26)30/h3-12,17-20,22H,13-14H2,1-2H3/t17-,18-,19-,20+,22+/m0/s1. The number of nitro groups is 1. The van der Waals surface area contributed by atoms with Gasteiger partial charge in [-0.15, -0.1) is 0 Å². The van der Waals surface area contributed by atoms with Crippen LogP contribution in [0.4, 0.5) is 0 Å². The molecule has 8 nitrogen and oxygen atoms in total. The van der Waals surface area contributed by atoms with E-state index in [1.165, 1.54) is 11.6 Å². The SMILES string of the molecule is Cn1c2c(c(=O)n(C)c1=O)[C@H]1C[C@@H](c3ccccc3)[C@H]([N+](=O)[O-])C[C@@H]1[C@@H](c1ccccc1)O2. The Balaban J connectivity index is 1.71. The molecule has 2 aliphatic rings. The molecule has 2 aromatic carbocycles. The summed E-state index contributed by atoms with van der Waals surface area (Å²) < 4.78 is 8.80. The van der Waals surface area contributed by atoms with Gasteiger partial charge in [0.15, 0.2) is 0 Å². The predicted molar refractivity (Wildman–Crippen MR) is 122 cm³/mol. The van der Waals surface area contributed by atoms with Crippen LogP contribution in [0.1, 0.15) is 47.5 Å². The molecule has 1 saturated carbocycles. The van der Waals surface area contributed by atoms with Gasteiger partial charge in [0.2, 0.25) is 11.9 Å². The number of ether oxygens (including phenoxy) is 1. The van der Waals surface area contributed by atoms with E-state index in [0.717, 1.165) is 15.7 Å². The Hall–Kier alpha value is -3.68. The number of rotatable bonds is 3. The largest absolute Gasteiger partial charge is 0.470 e. The molecule has 0 unspecified atom stereocenters. The topological polar surface area (TPSA) is 96.4 Å². The quantitative estimate of drug-likeness (QED) is 0.454. The van der Waals surface area contributed by atoms with Crippen molar-refractivity contribution in [2.45, 2.75) is 36.8 Å². The van der Waals surface area contributed by atoms with Gasteiger partial charge in [0.05, 0.1) is 11.5 Å². The predicted octanol–water partition coefficient (Wildman–Crippen LogP) is 3.14. The molecule has 1 aliphatic carbocycles. The van der Waals surface area contributed by atoms with E-state index in [0.29, 0.717) is 12.0 Å². The van der Waals surface area contributed by atoms with Crippen molar-refractivity contribution in [2.24, 2.45) is 20.0 Å². The maximum Gasteiger partial charge on any atom is 0.333 e. The lowest BCUT2D eigenvalue weighted by atomic mass is 9.64. The Labute approximate surface area is 190 Å². The van der Waals surface area contributed by atoms with Crippen LogP contribution < -0.4 is 16.0 Å². The molecule has 33 heavy (non-hydrogen) atoms. The molecule has 0 radical (unpaired) electrons. The third-order valence-electron chi connectivity index (χ3n) is 7.27. The summed E-state index contributed by atoms with van der Waals surface area (Å²) in [6, 6.07) is 18.2. The first-order valence-electron chi connectivity index (χ1n) is 11.1. The molecular weight excluding hydrogens is 422 g/mol. The second kappa shape index (κ2) is 8.03. The third kappa shape index (κ3) is 3.37. The zero-order valence-corrected chi connectivity index (χ0v) is 18.5. The van der Waals surface area contributed by atoms with Crippen molar-refractivity contribution in [1.82, 2.24) is 9.13 Å². The van der Waals surface area contributed by atoms with Crippen molar-refractivity contribution in [3.63, 3.8) is 0 Å². The highest BCUT2D eigenvalue weighted by molar-refractivity contribution is 5.37. The summed E-state index contributed by atoms with van der Waals surface area (Å²) in [5.74, 6) is -0.609. The molecular formula is C25H25N3O5. The number of nitrogens with zero attached hydrogens (tertiary/aromatic N) is 3. The maximum absolute atomic E-state index is 13.3. The summed E-state index contributed by atoms with van der Waals surface area (Å²) >= 11 is 0. The maximum atomic E-state index is 13.3. The molecule has 0 saturated heterocycles. The number of hydrogen-bond acceptors (Lipinski definition) is 5. The van der Waals surface area contributed by atoms with E-state index in [-0.39, 0.29) is 40.5 Å². The van der Waals surface area contributed by atoms with Crippen molar-refractivity contribution < 1.29 is 9.66 Å². The fraction of sp³-hybridized carbons (Fsp3) is 0.360. The molecule has 1 aliphatic heterocycles. The Kier molecular flexibility index (Phi) is 5.15. The Morgan fingerprint density at radius 3 is 2.09 bits per heavy atom. The summed E-state index contributed by atoms with van der Waals surface area (Å²) in [6.07, 6.45) is 0.232. The van der Waals surface area contributed by atoms with E-state index in [1.807, 2.05) is 60.7 Å². The van der Waals surface area contributed by atoms with E-state index < -0.39 is 17.8 Å². The van der Waals surface area contributed by atoms with Gasteiger partial charge < -0.3 is 4.74 Å². The van der Waals surface area contributed by atoms with Gasteiger partial charge in [-0.2, -0.15) is 0 Å². The van der Waals surface area contributed by atoms with Crippen LogP contribution in [0.2, 0.25) is 0 Å². The molecule has 5 atom stereocenters. The van der Waals surface area contributed by atoms with Crippen molar-refractivity contribution in [3.05, 3.63) is 108 Å². The summed E-state index contributed by atoms with van der Waals surface area (Å²) in [7, 11) is 3.06. The number of hydrogen-bond donors (Lipinski definition) is 0. The van der Waals surface area contributed by atoms with Gasteiger partial charge in [-0.25, -0.2) is 4.79 Å². The number of aromatic nitrogens is 2. The Bertz CT molecular complexity index is 1320. The van der Waals surface area contributed by atoms with Crippen molar-refractivity contribution in [1.29, 1.82) is 0 Å². The molecule has 170 valence electrons. The molecule has 8 heteroatoms. The molecule has 1 aromatic heterocycles. The number of benzene rings is 2. The highest BCUT2D eigenvalue weighted by Gasteiger charge is 2.52. The van der Waals surface area contributed by atoms with Crippen LogP contribution in [0.3, 0.4) is 0 Å². The van der Waals surface area contributed by atoms with Gasteiger partial charge in [0.25, 0.3) is 5.56 Å². The second-order valence-corrected chi connectivity index (χ2v) is 8.99. The van der Waals surface area contributed by atoms with Gasteiger partial charge in [0.1, 0.15) is 6.10 Å². The molecule has 0 amide bonds. The van der Waals surface area contributed by atoms with Crippen molar-refractivity contribution in [3.8, 4) is 5.88 Å². The first-order chi connectivity index (χ1) is 15.9. The first kappa shape index (κ1) is 21.2. The van der Waals surface area contributed by atoms with Gasteiger partial charge in [-0.3, -0.25) is 24.0 Å². The minimum Gasteiger partial charge on any atom is -0.470 e. The molecule has 5 rings (SSSR count). The zero-order valence-electron chi connectivity index (χ0n) is 18.5. The summed E-state index contributed by atoms with van der Waals surface area (Å²) in [5.41, 5.74) is 1.37. The molecule has 0 N–H and O–H groups in total. The van der Waals surface area contributed by atoms with Crippen LogP contribution in [-0.2, 0) is 14.1 Å². The lowest BCUT2D eigenvalue weighted by Crippen LogP contribution is -2.48. The van der Waals surface area contributed by atoms with Gasteiger partial charge >= 0.3 is 5.69 Å². The Morgan fingerprint density at radius 2 is 1.48 bits per heavy atom. The molecule has 0 spiro atoms. The molecule has 2 heterocycles. The first-order valence-corrected chi connectivity index (χ1v) is 11.1. The van der Waals surface area contributed by atoms with E-state index in [9.17, 15) is 19.7 Å². The van der Waals surface area contributed by atoms with Gasteiger partial charge in [-0.1, -0.05) is 60.7 Å². The van der Waals surface area contributed by atoms with Crippen LogP contribution in [0.25, 0.3) is 0 Å². The summed E-state index contributed by atoms with van der Waals surface area (Å²) in [6.45, 7) is 0. The zero-order chi connectivity index (χ0) is 23.3. The van der Waals surface area contributed by atoms with Crippen molar-refractivity contribution in [2.75, 3.05) is 0 Å². The van der Waals surface area contributed by atoms with E-state index in [4.69, 9.17) is 4.74 Å². The average Bonchev–Trinajstić information content (AvgIpc) is 2.85. The highest BCUT2D eigenvalue weighted by atomic mass is 16.6. The lowest BCUT2D eigenvalue weighted by Gasteiger charge is -2.45. The minimum atomic E-state index is -0.790. The van der Waals surface area contributed by atoms with Crippen LogP contribution >= 0.6 is 0 Å². The summed E-state index contributed by atoms with van der Waals surface area (Å²) in [4.78, 5) is 37.9. The lowest BCUT2D eigenvalue weighted by molar-refractivity contribution is -0.532. The van der Waals surface area contributed by atoms with Crippen LogP contribution in [0, 0.1) is 16.0 Å². The van der Waals surface area contributed by atoms with Crippen LogP contribution in [0.5, 0.6) is 5.88 Å². The normalized spacial score (nSPS) is 26.1. The summed E-state index contributed by atoms with van der Waals surface area (Å²) in [5, 5.41) is 12.2. The minimum absolute atomic E-state index is 0.190. The van der Waals surface area contributed by atoms with E-state index in [2.05, 4.69) is 0 Å². The smallest absolute Gasteiger partial charge is 0.333 e. The average molecular weight is 447 g/mol. The molecule has 3 aromatic rings. The molecule has 1 fully saturated rings. The van der Waals surface area contributed by atoms with E-state index >= 15 is 0 Å². The fourth-order valence-electron chi connectivity index (χ4n) is 5.65. The van der Waals surface area contributed by atoms with Gasteiger partial charge in [-0.05, 0) is 17.5 Å². The van der Waals surface area contributed by atoms with Gasteiger partial charge in [0, 0.05) is 37.3 Å². The van der Waals surface area contributed by atoms with Crippen LogP contribution in [-0.4, -0.2) is 20.1 Å². The van der Waals surface area contributed by atoms with Crippen molar-refractivity contribution >= 4 is 0 Å². The van der Waals surface area contributed by atoms with E-state index in [1.54, 1.807) is 7.05 Å². The van der Waals surface area contributed by atoms with Crippen LogP contribution in [0.15, 0.2) is 70.3 Å². The highest BCUT2D eigenvalue weighted by Crippen LogP contribution is 2.54. The monoisotopic (exact) mass is 447 g/mol. The Morgan fingerprint density at radius 1 is 0.879 bits per heavy atom. The molecule has 0 bridgehead atoms. The fourth-order valence-corrected chi connectivity index (χ4v) is 5.65. The third-order valence-corrected chi connectivity index (χ3v) is 7.27. The number of fused-ring (bicyclic) bond motifs is 3.